The first-order valence-corrected chi connectivity index (χ1v) is 31.2. The van der Waals surface area contributed by atoms with Crippen molar-refractivity contribution < 1.29 is 32.5 Å². The molecule has 3 aliphatic rings. The molecule has 2 bridgehead atoms. The lowest BCUT2D eigenvalue weighted by Crippen LogP contribution is -2.57. The van der Waals surface area contributed by atoms with Crippen molar-refractivity contribution in [1.29, 1.82) is 0 Å². The third-order valence-electron chi connectivity index (χ3n) is 16.2. The van der Waals surface area contributed by atoms with Crippen LogP contribution in [-0.2, 0) is 9.47 Å². The van der Waals surface area contributed by atoms with E-state index < -0.39 is 33.4 Å². The molecular weight excluding hydrogens is 941 g/mol. The SMILES string of the molecule is COCOc1cc(-c2nc(C#C[Si](C(C)C)(C(C)C)C(C)C)c3c(N4CC5CCC(C4)N5C(=O)OC(C)(C)C)nc(OCC4CCCC4)nc3c2F)c2c(C#C[Si](C(C)C)(C(C)C)C(C)C)c(F)ccc2c1. The van der Waals surface area contributed by atoms with Crippen LogP contribution >= 0.6 is 0 Å². The number of amides is 1. The number of piperazine rings is 1. The molecule has 1 saturated carbocycles. The summed E-state index contributed by atoms with van der Waals surface area (Å²) in [6.07, 6.45) is 5.58. The Kier molecular flexibility index (Phi) is 16.8. The van der Waals surface area contributed by atoms with Crippen LogP contribution in [0.2, 0.25) is 33.2 Å². The molecule has 0 spiro atoms. The van der Waals surface area contributed by atoms with Crippen molar-refractivity contribution in [1.82, 2.24) is 19.9 Å². The van der Waals surface area contributed by atoms with Crippen molar-refractivity contribution in [3.05, 3.63) is 47.2 Å². The lowest BCUT2D eigenvalue weighted by Gasteiger charge is -2.42. The molecule has 7 rings (SSSR count). The molecule has 2 aromatic heterocycles. The average Bonchev–Trinajstić information content (AvgIpc) is 3.92. The second-order valence-corrected chi connectivity index (χ2v) is 34.8. The zero-order valence-corrected chi connectivity index (χ0v) is 48.1. The maximum absolute atomic E-state index is 18.7. The van der Waals surface area contributed by atoms with Gasteiger partial charge in [-0.25, -0.2) is 18.6 Å². The Balaban J connectivity index is 1.58. The van der Waals surface area contributed by atoms with Gasteiger partial charge in [-0.2, -0.15) is 9.97 Å². The number of aromatic nitrogens is 3. The molecule has 3 fully saturated rings. The van der Waals surface area contributed by atoms with Gasteiger partial charge in [0.15, 0.2) is 12.6 Å². The Morgan fingerprint density at radius 3 is 1.86 bits per heavy atom. The topological polar surface area (TPSA) is 99.1 Å². The zero-order valence-electron chi connectivity index (χ0n) is 46.1. The van der Waals surface area contributed by atoms with Crippen LogP contribution in [0.15, 0.2) is 24.3 Å². The smallest absolute Gasteiger partial charge is 0.410 e. The normalized spacial score (nSPS) is 17.8. The van der Waals surface area contributed by atoms with Gasteiger partial charge in [-0.3, -0.25) is 4.90 Å². The largest absolute Gasteiger partial charge is 0.468 e. The number of fused-ring (bicyclic) bond motifs is 4. The fourth-order valence-electron chi connectivity index (χ4n) is 12.9. The molecule has 1 aliphatic carbocycles. The van der Waals surface area contributed by atoms with Crippen molar-refractivity contribution >= 4 is 49.7 Å². The van der Waals surface area contributed by atoms with Crippen LogP contribution in [0.1, 0.15) is 154 Å². The molecule has 4 heterocycles. The van der Waals surface area contributed by atoms with Crippen molar-refractivity contribution in [2.24, 2.45) is 5.92 Å². The number of anilines is 1. The quantitative estimate of drug-likeness (QED) is 0.0694. The molecule has 14 heteroatoms. The van der Waals surface area contributed by atoms with Gasteiger partial charge in [0.1, 0.15) is 56.0 Å². The summed E-state index contributed by atoms with van der Waals surface area (Å²) < 4.78 is 59.4. The minimum Gasteiger partial charge on any atom is -0.468 e. The number of pyridine rings is 1. The van der Waals surface area contributed by atoms with Crippen molar-refractivity contribution in [2.75, 3.05) is 38.5 Å². The number of nitrogens with zero attached hydrogens (tertiary/aromatic N) is 5. The lowest BCUT2D eigenvalue weighted by molar-refractivity contribution is 0.0122. The third-order valence-corrected chi connectivity index (χ3v) is 28.8. The summed E-state index contributed by atoms with van der Waals surface area (Å²) in [6.45, 7) is 33.8. The Morgan fingerprint density at radius 2 is 1.32 bits per heavy atom. The predicted molar refractivity (Wildman–Crippen MR) is 293 cm³/mol. The second-order valence-electron chi connectivity index (χ2n) is 23.7. The summed E-state index contributed by atoms with van der Waals surface area (Å²) >= 11 is 0. The standard InChI is InChI=1S/C58H81F2N5O5Si2/c1-35(2)71(36(3)4,37(5)6)27-25-46-48(59)24-21-42-29-45(69-34-67-16)30-47(50(42)46)53-52(60)54-51(49(61-53)26-28-72(38(7)8,39(9)10)40(11)12)55(63-56(62-54)68-33-41-19-17-18-20-41)64-31-43-22-23-44(32-64)65(43)57(66)70-58(13,14)15/h21,24,29-30,35-41,43-44H,17-20,22-23,31-34H2,1-16H3. The molecular formula is C58H81F2N5O5Si2. The fraction of sp³-hybridized carbons (Fsp3) is 0.621. The van der Waals surface area contributed by atoms with Gasteiger partial charge in [0, 0.05) is 31.1 Å². The van der Waals surface area contributed by atoms with Gasteiger partial charge < -0.3 is 23.8 Å². The minimum absolute atomic E-state index is 0.00907. The van der Waals surface area contributed by atoms with Crippen molar-refractivity contribution in [3.63, 3.8) is 0 Å². The molecule has 10 nitrogen and oxygen atoms in total. The van der Waals surface area contributed by atoms with Crippen molar-refractivity contribution in [2.45, 2.75) is 193 Å². The summed E-state index contributed by atoms with van der Waals surface area (Å²) in [5.41, 5.74) is 9.51. The van der Waals surface area contributed by atoms with Crippen LogP contribution < -0.4 is 14.4 Å². The van der Waals surface area contributed by atoms with Crippen LogP contribution in [0.5, 0.6) is 11.8 Å². The Morgan fingerprint density at radius 1 is 0.750 bits per heavy atom. The third kappa shape index (κ3) is 10.7. The summed E-state index contributed by atoms with van der Waals surface area (Å²) in [7, 11) is -3.26. The number of halogens is 2. The van der Waals surface area contributed by atoms with E-state index in [9.17, 15) is 4.79 Å². The Hall–Kier alpha value is -4.77. The summed E-state index contributed by atoms with van der Waals surface area (Å²) in [6, 6.07) is 6.37. The van der Waals surface area contributed by atoms with Crippen LogP contribution in [0.4, 0.5) is 19.4 Å². The molecule has 2 saturated heterocycles. The van der Waals surface area contributed by atoms with E-state index in [1.807, 2.05) is 31.7 Å². The van der Waals surface area contributed by atoms with Gasteiger partial charge in [-0.15, -0.1) is 11.1 Å². The highest BCUT2D eigenvalue weighted by Gasteiger charge is 2.46. The maximum Gasteiger partial charge on any atom is 0.410 e. The molecule has 2 aliphatic heterocycles. The molecule has 2 atom stereocenters. The number of carbonyl (C=O) groups is 1. The highest BCUT2D eigenvalue weighted by Crippen LogP contribution is 2.45. The average molecular weight is 1020 g/mol. The monoisotopic (exact) mass is 1020 g/mol. The maximum atomic E-state index is 18.7. The van der Waals surface area contributed by atoms with Gasteiger partial charge in [0.05, 0.1) is 29.6 Å². The van der Waals surface area contributed by atoms with Gasteiger partial charge in [-0.1, -0.05) is 114 Å². The minimum atomic E-state index is -2.43. The predicted octanol–water partition coefficient (Wildman–Crippen LogP) is 14.4. The molecule has 390 valence electrons. The first-order valence-electron chi connectivity index (χ1n) is 26.7. The van der Waals surface area contributed by atoms with E-state index in [1.165, 1.54) is 13.2 Å². The first kappa shape index (κ1) is 55.0. The zero-order chi connectivity index (χ0) is 52.6. The van der Waals surface area contributed by atoms with E-state index >= 15 is 8.78 Å². The van der Waals surface area contributed by atoms with E-state index in [2.05, 4.69) is 111 Å². The van der Waals surface area contributed by atoms with E-state index in [0.717, 1.165) is 38.5 Å². The van der Waals surface area contributed by atoms with Crippen LogP contribution in [0.3, 0.4) is 0 Å². The van der Waals surface area contributed by atoms with Gasteiger partial charge >= 0.3 is 12.1 Å². The van der Waals surface area contributed by atoms with Crippen LogP contribution in [0.25, 0.3) is 32.9 Å². The summed E-state index contributed by atoms with van der Waals surface area (Å²) in [5.74, 6) is 7.02. The number of methoxy groups -OCH3 is 1. The molecule has 1 amide bonds. The van der Waals surface area contributed by atoms with Crippen molar-refractivity contribution in [3.8, 4) is 45.9 Å². The van der Waals surface area contributed by atoms with Crippen LogP contribution in [-0.4, -0.2) is 93.4 Å². The lowest BCUT2D eigenvalue weighted by atomic mass is 9.95. The first-order chi connectivity index (χ1) is 33.9. The molecule has 72 heavy (non-hydrogen) atoms. The number of carbonyl (C=O) groups excluding carboxylic acids is 1. The van der Waals surface area contributed by atoms with E-state index in [1.54, 1.807) is 12.1 Å². The number of benzene rings is 2. The fourth-order valence-corrected chi connectivity index (χ4v) is 23.3. The van der Waals surface area contributed by atoms with Gasteiger partial charge in [0.25, 0.3) is 0 Å². The van der Waals surface area contributed by atoms with E-state index in [-0.39, 0.29) is 47.8 Å². The van der Waals surface area contributed by atoms with Crippen LogP contribution in [0, 0.1) is 40.5 Å². The Labute approximate surface area is 431 Å². The summed E-state index contributed by atoms with van der Waals surface area (Å²) in [4.78, 5) is 33.2. The highest BCUT2D eigenvalue weighted by atomic mass is 28.3. The number of hydrogen-bond acceptors (Lipinski definition) is 9. The Bertz CT molecular complexity index is 2700. The molecule has 0 N–H and O–H groups in total. The molecule has 2 unspecified atom stereocenters. The molecule has 4 aromatic rings. The van der Waals surface area contributed by atoms with E-state index in [0.29, 0.717) is 97.8 Å². The van der Waals surface area contributed by atoms with E-state index in [4.69, 9.17) is 33.9 Å². The van der Waals surface area contributed by atoms with Gasteiger partial charge in [-0.05, 0) is 109 Å². The summed E-state index contributed by atoms with van der Waals surface area (Å²) in [5, 5.41) is 1.41. The molecule has 0 radical (unpaired) electrons. The van der Waals surface area contributed by atoms with Gasteiger partial charge in [0.2, 0.25) is 0 Å². The molecule has 2 aromatic carbocycles. The number of rotatable bonds is 14. The number of hydrogen-bond donors (Lipinski definition) is 0. The number of ether oxygens (including phenoxy) is 4. The second kappa shape index (κ2) is 22.0. The highest BCUT2D eigenvalue weighted by molar-refractivity contribution is 6.91.